The molecule has 2 heterocycles. The van der Waals surface area contributed by atoms with Crippen molar-refractivity contribution < 1.29 is 14.3 Å². The van der Waals surface area contributed by atoms with Crippen LogP contribution in [0.15, 0.2) is 31.0 Å². The summed E-state index contributed by atoms with van der Waals surface area (Å²) in [5.74, 6) is 0.986. The van der Waals surface area contributed by atoms with E-state index in [1.807, 2.05) is 0 Å². The van der Waals surface area contributed by atoms with Crippen LogP contribution >= 0.6 is 0 Å². The number of nitrogens with zero attached hydrogens (tertiary/aromatic N) is 3. The van der Waals surface area contributed by atoms with Gasteiger partial charge in [0.15, 0.2) is 11.5 Å². The van der Waals surface area contributed by atoms with Crippen molar-refractivity contribution in [2.45, 2.75) is 6.10 Å². The van der Waals surface area contributed by atoms with E-state index in [2.05, 4.69) is 38.4 Å². The van der Waals surface area contributed by atoms with E-state index in [0.29, 0.717) is 41.4 Å². The predicted molar refractivity (Wildman–Crippen MR) is 93.6 cm³/mol. The molecule has 1 N–H and O–H groups in total. The molecule has 8 heteroatoms. The van der Waals surface area contributed by atoms with Crippen LogP contribution in [0.4, 0.5) is 5.69 Å². The minimum Gasteiger partial charge on any atom is -0.493 e. The summed E-state index contributed by atoms with van der Waals surface area (Å²) >= 11 is 2.39. The van der Waals surface area contributed by atoms with Gasteiger partial charge < -0.3 is 18.7 Å². The Balaban J connectivity index is 1.93. The highest BCUT2D eigenvalue weighted by molar-refractivity contribution is 6.19. The third kappa shape index (κ3) is 3.12. The number of rotatable bonds is 5. The third-order valence-corrected chi connectivity index (χ3v) is 4.33. The smallest absolute Gasteiger partial charge is 0.305 e. The van der Waals surface area contributed by atoms with Crippen LogP contribution < -0.4 is 13.8 Å². The van der Waals surface area contributed by atoms with Crippen LogP contribution in [0.2, 0.25) is 0 Å². The normalized spacial score (nSPS) is 13.7. The summed E-state index contributed by atoms with van der Waals surface area (Å²) < 4.78 is 14.3. The highest BCUT2D eigenvalue weighted by Gasteiger charge is 2.31. The molecule has 0 bridgehead atoms. The zero-order valence-electron chi connectivity index (χ0n) is 13.7. The summed E-state index contributed by atoms with van der Waals surface area (Å²) in [5, 5.41) is 9.99. The monoisotopic (exact) mass is 350 g/mol. The Morgan fingerprint density at radius 2 is 2.28 bits per heavy atom. The van der Waals surface area contributed by atoms with Crippen molar-refractivity contribution in [3.8, 4) is 17.6 Å². The summed E-state index contributed by atoms with van der Waals surface area (Å²) in [6.07, 6.45) is 2.69. The number of nitrogens with one attached hydrogen (secondary N) is 1. The number of likely N-dealkylation sites (tertiary alicyclic amines) is 1. The van der Waals surface area contributed by atoms with Crippen molar-refractivity contribution in [1.29, 1.82) is 5.26 Å². The minimum absolute atomic E-state index is 0.109. The number of fused-ring (bicyclic) bond motifs is 1. The van der Waals surface area contributed by atoms with Gasteiger partial charge in [-0.1, -0.05) is 6.58 Å². The summed E-state index contributed by atoms with van der Waals surface area (Å²) in [4.78, 5) is 17.5. The first kappa shape index (κ1) is 17.1. The largest absolute Gasteiger partial charge is 0.493 e. The maximum atomic E-state index is 11.5. The fraction of sp³-hybridized carbons (Fsp3) is 0.235. The molecule has 1 amide bonds. The molecule has 25 heavy (non-hydrogen) atoms. The molecule has 0 saturated carbocycles. The summed E-state index contributed by atoms with van der Waals surface area (Å²) in [5.41, 5.74) is 1.78. The number of hydrogen-bond acceptors (Lipinski definition) is 6. The Kier molecular flexibility index (Phi) is 4.80. The molecule has 1 saturated heterocycles. The van der Waals surface area contributed by atoms with Crippen molar-refractivity contribution in [1.82, 2.24) is 9.88 Å². The first-order valence-electron chi connectivity index (χ1n) is 7.56. The average Bonchev–Trinajstić information content (AvgIpc) is 2.61. The lowest BCUT2D eigenvalue weighted by Gasteiger charge is -2.38. The standard InChI is InChI=1S/C17H15N4O3.Al/c1-3-16(22)21-8-11(9-21)24-15-4-12-13(5-14(15)23-2)20-7-10(6-18)17(12)19;/h3-5,7,11H,1,8-9H2,2H3,(H-,19,20);/q-1;+1. The first-order chi connectivity index (χ1) is 12.1. The van der Waals surface area contributed by atoms with Crippen LogP contribution in [0.25, 0.3) is 10.9 Å². The maximum absolute atomic E-state index is 11.5. The summed E-state index contributed by atoms with van der Waals surface area (Å²) in [6, 6.07) is 5.68. The van der Waals surface area contributed by atoms with E-state index in [0.717, 1.165) is 5.39 Å². The summed E-state index contributed by atoms with van der Waals surface area (Å²) in [6.45, 7) is 4.47. The van der Waals surface area contributed by atoms with E-state index in [4.69, 9.17) is 9.47 Å². The number of carbonyl (C=O) groups is 1. The zero-order chi connectivity index (χ0) is 18.0. The van der Waals surface area contributed by atoms with Crippen molar-refractivity contribution in [2.24, 2.45) is 0 Å². The van der Waals surface area contributed by atoms with E-state index in [1.165, 1.54) is 12.3 Å². The molecule has 2 radical (unpaired) electrons. The fourth-order valence-corrected chi connectivity index (χ4v) is 3.00. The Hall–Kier alpha value is -2.74. The molecule has 0 atom stereocenters. The molecule has 2 aromatic rings. The molecule has 3 rings (SSSR count). The predicted octanol–water partition coefficient (Wildman–Crippen LogP) is 1.39. The topological polar surface area (TPSA) is 87.5 Å². The maximum Gasteiger partial charge on any atom is 0.305 e. The van der Waals surface area contributed by atoms with E-state index in [1.54, 1.807) is 24.1 Å². The highest BCUT2D eigenvalue weighted by Crippen LogP contribution is 2.37. The lowest BCUT2D eigenvalue weighted by atomic mass is 10.1. The number of aromatic nitrogens is 1. The van der Waals surface area contributed by atoms with Crippen LogP contribution in [0.5, 0.6) is 11.5 Å². The molecular weight excluding hydrogens is 335 g/mol. The Morgan fingerprint density at radius 3 is 2.88 bits per heavy atom. The highest BCUT2D eigenvalue weighted by atomic mass is 27.1. The SMILES string of the molecule is C=CC(=O)N1CC(Oc2cc3c([NH][Al])c(C#N)cnc3cc2OC)C1. The second-order valence-corrected chi connectivity index (χ2v) is 5.80. The van der Waals surface area contributed by atoms with E-state index < -0.39 is 0 Å². The Morgan fingerprint density at radius 1 is 1.52 bits per heavy atom. The van der Waals surface area contributed by atoms with Gasteiger partial charge in [-0.15, -0.1) is 0 Å². The lowest BCUT2D eigenvalue weighted by molar-refractivity contribution is -0.134. The van der Waals surface area contributed by atoms with Gasteiger partial charge in [-0.2, -0.15) is 5.26 Å². The lowest BCUT2D eigenvalue weighted by Crippen LogP contribution is -2.55. The summed E-state index contributed by atoms with van der Waals surface area (Å²) in [7, 11) is 1.56. The number of pyridine rings is 1. The number of nitriles is 1. The quantitative estimate of drug-likeness (QED) is 0.648. The van der Waals surface area contributed by atoms with Crippen molar-refractivity contribution in [2.75, 3.05) is 24.5 Å². The van der Waals surface area contributed by atoms with Gasteiger partial charge in [0.2, 0.25) is 5.91 Å². The number of carbonyl (C=O) groups excluding carboxylic acids is 1. The number of benzene rings is 1. The Bertz CT molecular complexity index is 888. The van der Waals surface area contributed by atoms with Crippen molar-refractivity contribution >= 4 is 39.0 Å². The van der Waals surface area contributed by atoms with E-state index >= 15 is 0 Å². The van der Waals surface area contributed by atoms with Gasteiger partial charge in [-0.25, -0.2) is 0 Å². The second-order valence-electron chi connectivity index (χ2n) is 5.51. The molecule has 0 unspecified atom stereocenters. The molecule has 1 aromatic heterocycles. The first-order valence-corrected chi connectivity index (χ1v) is 8.14. The molecular formula is C17H15AlN4O3. The van der Waals surface area contributed by atoms with E-state index in [9.17, 15) is 10.1 Å². The third-order valence-electron chi connectivity index (χ3n) is 4.05. The van der Waals surface area contributed by atoms with Gasteiger partial charge in [0.05, 0.1) is 31.3 Å². The van der Waals surface area contributed by atoms with Gasteiger partial charge >= 0.3 is 16.5 Å². The van der Waals surface area contributed by atoms with Gasteiger partial charge in [0.1, 0.15) is 12.2 Å². The van der Waals surface area contributed by atoms with Crippen LogP contribution in [0.3, 0.4) is 0 Å². The molecule has 1 fully saturated rings. The second kappa shape index (κ2) is 7.02. The zero-order valence-corrected chi connectivity index (χ0v) is 14.8. The fourth-order valence-electron chi connectivity index (χ4n) is 2.69. The number of methoxy groups -OCH3 is 1. The van der Waals surface area contributed by atoms with Gasteiger partial charge in [-0.3, -0.25) is 9.78 Å². The van der Waals surface area contributed by atoms with Crippen LogP contribution in [-0.2, 0) is 4.79 Å². The van der Waals surface area contributed by atoms with Crippen LogP contribution in [0.1, 0.15) is 5.56 Å². The number of ether oxygens (including phenoxy) is 2. The number of anilines is 1. The molecule has 124 valence electrons. The number of hydrogen-bond donors (Lipinski definition) is 1. The molecule has 0 aliphatic carbocycles. The van der Waals surface area contributed by atoms with E-state index in [-0.39, 0.29) is 12.0 Å². The van der Waals surface area contributed by atoms with Crippen molar-refractivity contribution in [3.05, 3.63) is 36.5 Å². The van der Waals surface area contributed by atoms with Gasteiger partial charge in [0, 0.05) is 23.3 Å². The average molecular weight is 350 g/mol. The molecule has 1 aliphatic heterocycles. The van der Waals surface area contributed by atoms with Crippen LogP contribution in [0, 0.1) is 11.3 Å². The Labute approximate surface area is 153 Å². The molecule has 1 aliphatic rings. The van der Waals surface area contributed by atoms with Gasteiger partial charge in [0.25, 0.3) is 0 Å². The molecule has 0 spiro atoms. The number of amides is 1. The molecule has 1 aromatic carbocycles. The van der Waals surface area contributed by atoms with Gasteiger partial charge in [-0.05, 0) is 12.1 Å². The van der Waals surface area contributed by atoms with Crippen molar-refractivity contribution in [3.63, 3.8) is 0 Å². The minimum atomic E-state index is -0.116. The van der Waals surface area contributed by atoms with Crippen LogP contribution in [-0.4, -0.2) is 58.6 Å². The molecule has 7 nitrogen and oxygen atoms in total.